The number of unbranched alkanes of at least 4 members (excludes halogenated alkanes) is 1. The number of nitrogens with one attached hydrogen (secondary N) is 4. The van der Waals surface area contributed by atoms with Crippen LogP contribution in [0.4, 0.5) is 0 Å². The molecule has 0 bridgehead atoms. The summed E-state index contributed by atoms with van der Waals surface area (Å²) in [6.45, 7) is 15.0. The van der Waals surface area contributed by atoms with Crippen molar-refractivity contribution >= 4 is 51.1 Å². The average molecular weight is 648 g/mol. The second-order valence-electron chi connectivity index (χ2n) is 10.9. The maximum atomic E-state index is 13.1. The van der Waals surface area contributed by atoms with Gasteiger partial charge in [-0.15, -0.1) is 0 Å². The molecule has 14 heteroatoms. The fourth-order valence-corrected chi connectivity index (χ4v) is 5.87. The quantitative estimate of drug-likeness (QED) is 0.0566. The van der Waals surface area contributed by atoms with Crippen molar-refractivity contribution in [1.82, 2.24) is 21.3 Å². The lowest BCUT2D eigenvalue weighted by atomic mass is 10.1. The van der Waals surface area contributed by atoms with Gasteiger partial charge < -0.3 is 36.5 Å². The summed E-state index contributed by atoms with van der Waals surface area (Å²) >= 11 is 0. The molecule has 0 saturated heterocycles. The Hall–Kier alpha value is -2.45. The van der Waals surface area contributed by atoms with Gasteiger partial charge in [0.2, 0.25) is 29.5 Å². The number of amides is 5. The zero-order valence-electron chi connectivity index (χ0n) is 26.5. The molecule has 0 rings (SSSR count). The van der Waals surface area contributed by atoms with Gasteiger partial charge >= 0.3 is 0 Å². The fourth-order valence-electron chi connectivity index (χ4n) is 3.39. The van der Waals surface area contributed by atoms with Gasteiger partial charge in [0.05, 0.1) is 13.2 Å². The topological polar surface area (TPSA) is 178 Å². The van der Waals surface area contributed by atoms with Gasteiger partial charge in [0.1, 0.15) is 31.1 Å². The van der Waals surface area contributed by atoms with E-state index >= 15 is 0 Å². The Kier molecular flexibility index (Phi) is 22.6. The van der Waals surface area contributed by atoms with E-state index in [1.807, 2.05) is 34.6 Å². The maximum absolute atomic E-state index is 13.1. The molecule has 0 aliphatic heterocycles. The Labute approximate surface area is 264 Å². The molecule has 0 aromatic rings. The van der Waals surface area contributed by atoms with Crippen molar-refractivity contribution in [3.05, 3.63) is 12.3 Å². The third kappa shape index (κ3) is 23.7. The molecule has 0 aromatic carbocycles. The number of hydrogen-bond acceptors (Lipinski definition) is 9. The highest BCUT2D eigenvalue weighted by Crippen LogP contribution is 2.35. The minimum absolute atomic E-state index is 0.00542. The second kappa shape index (κ2) is 23.9. The summed E-state index contributed by atoms with van der Waals surface area (Å²) in [7, 11) is 3.02. The molecule has 0 radical (unpaired) electrons. The Balaban J connectivity index is 4.82. The zero-order chi connectivity index (χ0) is 32.7. The lowest BCUT2D eigenvalue weighted by Crippen LogP contribution is -2.53. The maximum Gasteiger partial charge on any atom is 0.243 e. The summed E-state index contributed by atoms with van der Waals surface area (Å²) in [5, 5.41) is 11.0. The highest BCUT2D eigenvalue weighted by Gasteiger charge is 2.26. The van der Waals surface area contributed by atoms with Gasteiger partial charge in [-0.2, -0.15) is 0 Å². The van der Waals surface area contributed by atoms with E-state index in [2.05, 4.69) is 27.8 Å². The van der Waals surface area contributed by atoms with Gasteiger partial charge in [0.25, 0.3) is 0 Å². The van der Waals surface area contributed by atoms with Crippen LogP contribution in [-0.2, 0) is 33.4 Å². The van der Waals surface area contributed by atoms with E-state index in [9.17, 15) is 24.0 Å². The number of nitrogens with two attached hydrogens (primary N) is 1. The molecule has 2 atom stereocenters. The van der Waals surface area contributed by atoms with Gasteiger partial charge in [0, 0.05) is 36.3 Å². The van der Waals surface area contributed by atoms with E-state index in [0.717, 1.165) is 12.8 Å². The normalized spacial score (nSPS) is 12.5. The predicted molar refractivity (Wildman–Crippen MR) is 173 cm³/mol. The van der Waals surface area contributed by atoms with E-state index < -0.39 is 29.8 Å². The fraction of sp³-hybridized carbons (Fsp3) is 0.759. The molecule has 0 fully saturated rings. The van der Waals surface area contributed by atoms with Gasteiger partial charge in [-0.25, -0.2) is 0 Å². The van der Waals surface area contributed by atoms with Crippen LogP contribution in [0.5, 0.6) is 0 Å². The molecule has 43 heavy (non-hydrogen) atoms. The first-order valence-corrected chi connectivity index (χ1v) is 17.2. The van der Waals surface area contributed by atoms with E-state index in [4.69, 9.17) is 15.2 Å². The van der Waals surface area contributed by atoms with Crippen LogP contribution in [0, 0.1) is 0 Å². The van der Waals surface area contributed by atoms with Crippen molar-refractivity contribution in [3.63, 3.8) is 0 Å². The molecule has 2 unspecified atom stereocenters. The standard InChI is InChI=1S/C29H53N5O7S2/c1-7-11-24(35)31-15-10-9-13-22(28(39)34-23(27(30)38)20-42-43-29(4,5)6)33-26(37)14-17-40-19-21(3)41-18-16-32-25(36)12-8-2/h22-23H,3,7-20H2,1-2,4-6H3,(H2,30,38)(H,31,35)(H,32,36)(H,33,37)(H,34,39). The lowest BCUT2D eigenvalue weighted by Gasteiger charge is -2.23. The highest BCUT2D eigenvalue weighted by molar-refractivity contribution is 8.77. The smallest absolute Gasteiger partial charge is 0.243 e. The molecule has 5 amide bonds. The molecule has 0 aliphatic carbocycles. The van der Waals surface area contributed by atoms with Crippen molar-refractivity contribution in [3.8, 4) is 0 Å². The Bertz CT molecular complexity index is 884. The Morgan fingerprint density at radius 3 is 2.05 bits per heavy atom. The number of hydrogen-bond donors (Lipinski definition) is 5. The average Bonchev–Trinajstić information content (AvgIpc) is 2.91. The van der Waals surface area contributed by atoms with Crippen molar-refractivity contribution in [2.75, 3.05) is 38.7 Å². The molecule has 0 aromatic heterocycles. The van der Waals surface area contributed by atoms with Crippen molar-refractivity contribution in [2.24, 2.45) is 5.73 Å². The largest absolute Gasteiger partial charge is 0.494 e. The minimum Gasteiger partial charge on any atom is -0.494 e. The van der Waals surface area contributed by atoms with Gasteiger partial charge in [-0.1, -0.05) is 62.8 Å². The van der Waals surface area contributed by atoms with Crippen LogP contribution in [0.3, 0.4) is 0 Å². The van der Waals surface area contributed by atoms with Crippen molar-refractivity contribution < 1.29 is 33.4 Å². The highest BCUT2D eigenvalue weighted by atomic mass is 33.1. The number of carbonyl (C=O) groups excluding carboxylic acids is 5. The lowest BCUT2D eigenvalue weighted by molar-refractivity contribution is -0.131. The summed E-state index contributed by atoms with van der Waals surface area (Å²) in [5.41, 5.74) is 5.54. The second-order valence-corrected chi connectivity index (χ2v) is 14.1. The minimum atomic E-state index is -0.894. The van der Waals surface area contributed by atoms with Crippen molar-refractivity contribution in [2.45, 2.75) is 103 Å². The van der Waals surface area contributed by atoms with E-state index in [1.54, 1.807) is 10.8 Å². The molecule has 12 nitrogen and oxygen atoms in total. The first kappa shape index (κ1) is 40.5. The Morgan fingerprint density at radius 1 is 0.837 bits per heavy atom. The zero-order valence-corrected chi connectivity index (χ0v) is 28.1. The van der Waals surface area contributed by atoms with Crippen LogP contribution in [0.25, 0.3) is 0 Å². The van der Waals surface area contributed by atoms with Crippen LogP contribution in [0.1, 0.15) is 86.0 Å². The van der Waals surface area contributed by atoms with E-state index in [-0.39, 0.29) is 48.6 Å². The monoisotopic (exact) mass is 647 g/mol. The summed E-state index contributed by atoms with van der Waals surface area (Å²) < 4.78 is 10.8. The SMILES string of the molecule is C=C(COCCC(=O)NC(CCCCNC(=O)CCC)C(=O)NC(CSSC(C)(C)C)C(N)=O)OCCNC(=O)CCC. The number of rotatable bonds is 25. The molecule has 6 N–H and O–H groups in total. The molecule has 248 valence electrons. The number of carbonyl (C=O) groups is 5. The van der Waals surface area contributed by atoms with Crippen LogP contribution in [0.2, 0.25) is 0 Å². The van der Waals surface area contributed by atoms with Gasteiger partial charge in [0.15, 0.2) is 0 Å². The molecule has 0 spiro atoms. The molecule has 0 saturated carbocycles. The van der Waals surface area contributed by atoms with Crippen LogP contribution in [0.15, 0.2) is 12.3 Å². The number of ether oxygens (including phenoxy) is 2. The number of primary amides is 1. The Morgan fingerprint density at radius 2 is 1.47 bits per heavy atom. The first-order chi connectivity index (χ1) is 20.3. The summed E-state index contributed by atoms with van der Waals surface area (Å²) in [4.78, 5) is 61.0. The summed E-state index contributed by atoms with van der Waals surface area (Å²) in [6.07, 6.45) is 3.96. The van der Waals surface area contributed by atoms with Crippen LogP contribution in [-0.4, -0.2) is 85.0 Å². The third-order valence-electron chi connectivity index (χ3n) is 5.52. The van der Waals surface area contributed by atoms with E-state index in [0.29, 0.717) is 51.0 Å². The summed E-state index contributed by atoms with van der Waals surface area (Å²) in [5.74, 6) is -0.943. The van der Waals surface area contributed by atoms with Crippen LogP contribution >= 0.6 is 21.6 Å². The molecular weight excluding hydrogens is 594 g/mol. The molecule has 0 aliphatic rings. The summed E-state index contributed by atoms with van der Waals surface area (Å²) in [6, 6.07) is -1.78. The van der Waals surface area contributed by atoms with E-state index in [1.165, 1.54) is 10.8 Å². The van der Waals surface area contributed by atoms with Crippen LogP contribution < -0.4 is 27.0 Å². The van der Waals surface area contributed by atoms with Gasteiger partial charge in [-0.3, -0.25) is 24.0 Å². The van der Waals surface area contributed by atoms with Crippen molar-refractivity contribution in [1.29, 1.82) is 0 Å². The predicted octanol–water partition coefficient (Wildman–Crippen LogP) is 2.56. The molecular formula is C29H53N5O7S2. The third-order valence-corrected chi connectivity index (χ3v) is 8.87. The van der Waals surface area contributed by atoms with Gasteiger partial charge in [-0.05, 0) is 32.1 Å². The first-order valence-electron chi connectivity index (χ1n) is 14.9. The molecule has 0 heterocycles.